The predicted molar refractivity (Wildman–Crippen MR) is 108 cm³/mol. The highest BCUT2D eigenvalue weighted by Gasteiger charge is 2.16. The molecule has 0 bridgehead atoms. The van der Waals surface area contributed by atoms with Crippen LogP contribution < -0.4 is 9.47 Å². The van der Waals surface area contributed by atoms with Crippen LogP contribution >= 0.6 is 0 Å². The second-order valence-electron chi connectivity index (χ2n) is 6.49. The van der Waals surface area contributed by atoms with Crippen LogP contribution in [0.2, 0.25) is 0 Å². The first-order valence-electron chi connectivity index (χ1n) is 9.22. The number of amides is 1. The summed E-state index contributed by atoms with van der Waals surface area (Å²) in [7, 11) is 3.34. The zero-order valence-corrected chi connectivity index (χ0v) is 16.5. The average Bonchev–Trinajstić information content (AvgIpc) is 3.15. The third-order valence-corrected chi connectivity index (χ3v) is 4.35. The number of carbonyl (C=O) groups excluding carboxylic acids is 1. The minimum Gasteiger partial charge on any atom is -0.493 e. The highest BCUT2D eigenvalue weighted by Crippen LogP contribution is 2.28. The van der Waals surface area contributed by atoms with Gasteiger partial charge in [-0.2, -0.15) is 5.10 Å². The molecule has 6 nitrogen and oxygen atoms in total. The quantitative estimate of drug-likeness (QED) is 0.600. The normalized spacial score (nSPS) is 10.5. The molecule has 0 unspecified atom stereocenters. The third kappa shape index (κ3) is 4.71. The fourth-order valence-electron chi connectivity index (χ4n) is 2.99. The summed E-state index contributed by atoms with van der Waals surface area (Å²) in [5, 5.41) is 4.40. The number of aromatic nitrogens is 2. The van der Waals surface area contributed by atoms with Gasteiger partial charge in [-0.15, -0.1) is 0 Å². The lowest BCUT2D eigenvalue weighted by atomic mass is 10.1. The van der Waals surface area contributed by atoms with Gasteiger partial charge in [0.1, 0.15) is 0 Å². The van der Waals surface area contributed by atoms with Crippen molar-refractivity contribution in [2.45, 2.75) is 20.0 Å². The molecular weight excluding hydrogens is 354 g/mol. The van der Waals surface area contributed by atoms with Crippen molar-refractivity contribution in [3.63, 3.8) is 0 Å². The van der Waals surface area contributed by atoms with Crippen molar-refractivity contribution in [1.29, 1.82) is 0 Å². The van der Waals surface area contributed by atoms with E-state index in [0.717, 1.165) is 5.56 Å². The number of carbonyl (C=O) groups is 1. The molecule has 0 aliphatic heterocycles. The first-order chi connectivity index (χ1) is 13.6. The van der Waals surface area contributed by atoms with E-state index in [1.807, 2.05) is 36.0 Å². The lowest BCUT2D eigenvalue weighted by molar-refractivity contribution is 0.0784. The number of hydrogen-bond acceptors (Lipinski definition) is 4. The predicted octanol–water partition coefficient (Wildman–Crippen LogP) is 3.61. The Labute approximate surface area is 165 Å². The SMILES string of the molecule is CCOc1ccc(C(=O)N(C)Cc2cnn(Cc3ccccc3)c2)cc1OC. The van der Waals surface area contributed by atoms with E-state index in [9.17, 15) is 4.79 Å². The summed E-state index contributed by atoms with van der Waals surface area (Å²) in [6, 6.07) is 15.4. The van der Waals surface area contributed by atoms with Gasteiger partial charge in [0.2, 0.25) is 0 Å². The lowest BCUT2D eigenvalue weighted by Gasteiger charge is -2.17. The fourth-order valence-corrected chi connectivity index (χ4v) is 2.99. The summed E-state index contributed by atoms with van der Waals surface area (Å²) in [4.78, 5) is 14.5. The van der Waals surface area contributed by atoms with Crippen LogP contribution in [-0.4, -0.2) is 41.4 Å². The number of methoxy groups -OCH3 is 1. The van der Waals surface area contributed by atoms with Gasteiger partial charge in [-0.1, -0.05) is 30.3 Å². The van der Waals surface area contributed by atoms with E-state index >= 15 is 0 Å². The molecule has 0 spiro atoms. The van der Waals surface area contributed by atoms with Crippen LogP contribution in [0.1, 0.15) is 28.4 Å². The highest BCUT2D eigenvalue weighted by atomic mass is 16.5. The first-order valence-corrected chi connectivity index (χ1v) is 9.22. The van der Waals surface area contributed by atoms with Crippen molar-refractivity contribution < 1.29 is 14.3 Å². The molecule has 28 heavy (non-hydrogen) atoms. The molecule has 1 aromatic heterocycles. The Balaban J connectivity index is 1.66. The summed E-state index contributed by atoms with van der Waals surface area (Å²) in [5.41, 5.74) is 2.72. The molecule has 2 aromatic carbocycles. The van der Waals surface area contributed by atoms with Gasteiger partial charge in [-0.25, -0.2) is 0 Å². The Morgan fingerprint density at radius 3 is 2.61 bits per heavy atom. The van der Waals surface area contributed by atoms with Gasteiger partial charge in [0, 0.05) is 30.9 Å². The number of rotatable bonds is 8. The van der Waals surface area contributed by atoms with Crippen molar-refractivity contribution in [3.8, 4) is 11.5 Å². The minimum atomic E-state index is -0.0860. The zero-order chi connectivity index (χ0) is 19.9. The molecule has 0 saturated carbocycles. The van der Waals surface area contributed by atoms with Crippen molar-refractivity contribution in [1.82, 2.24) is 14.7 Å². The van der Waals surface area contributed by atoms with E-state index in [-0.39, 0.29) is 5.91 Å². The van der Waals surface area contributed by atoms with Crippen LogP contribution in [0.5, 0.6) is 11.5 Å². The molecule has 1 heterocycles. The molecule has 1 amide bonds. The summed E-state index contributed by atoms with van der Waals surface area (Å²) in [6.45, 7) is 3.62. The molecule has 3 rings (SSSR count). The summed E-state index contributed by atoms with van der Waals surface area (Å²) in [6.07, 6.45) is 3.76. The van der Waals surface area contributed by atoms with Gasteiger partial charge >= 0.3 is 0 Å². The van der Waals surface area contributed by atoms with Crippen molar-refractivity contribution in [2.24, 2.45) is 0 Å². The van der Waals surface area contributed by atoms with Gasteiger partial charge in [0.25, 0.3) is 5.91 Å². The van der Waals surface area contributed by atoms with Crippen molar-refractivity contribution >= 4 is 5.91 Å². The lowest BCUT2D eigenvalue weighted by Crippen LogP contribution is -2.26. The van der Waals surface area contributed by atoms with Crippen LogP contribution in [0.3, 0.4) is 0 Å². The summed E-state index contributed by atoms with van der Waals surface area (Å²) >= 11 is 0. The van der Waals surface area contributed by atoms with Crippen LogP contribution in [-0.2, 0) is 13.1 Å². The summed E-state index contributed by atoms with van der Waals surface area (Å²) < 4.78 is 12.7. The fraction of sp³-hybridized carbons (Fsp3) is 0.273. The molecule has 0 aliphatic rings. The second-order valence-corrected chi connectivity index (χ2v) is 6.49. The van der Waals surface area contributed by atoms with Crippen LogP contribution in [0.15, 0.2) is 60.9 Å². The zero-order valence-electron chi connectivity index (χ0n) is 16.5. The van der Waals surface area contributed by atoms with E-state index < -0.39 is 0 Å². The number of ether oxygens (including phenoxy) is 2. The molecule has 3 aromatic rings. The van der Waals surface area contributed by atoms with Crippen molar-refractivity contribution in [3.05, 3.63) is 77.6 Å². The standard InChI is InChI=1S/C22H25N3O3/c1-4-28-20-11-10-19(12-21(20)27-3)22(26)24(2)14-18-13-23-25(16-18)15-17-8-6-5-7-9-17/h5-13,16H,4,14-15H2,1-3H3. The summed E-state index contributed by atoms with van der Waals surface area (Å²) in [5.74, 6) is 1.10. The van der Waals surface area contributed by atoms with Gasteiger partial charge in [0.05, 0.1) is 26.5 Å². The number of nitrogens with zero attached hydrogens (tertiary/aromatic N) is 3. The van der Waals surface area contributed by atoms with Gasteiger partial charge in [-0.05, 0) is 30.7 Å². The first kappa shape index (κ1) is 19.5. The molecule has 146 valence electrons. The number of benzene rings is 2. The van der Waals surface area contributed by atoms with Crippen LogP contribution in [0.25, 0.3) is 0 Å². The maximum atomic E-state index is 12.8. The van der Waals surface area contributed by atoms with E-state index in [4.69, 9.17) is 9.47 Å². The maximum absolute atomic E-state index is 12.8. The Bertz CT molecular complexity index is 922. The smallest absolute Gasteiger partial charge is 0.254 e. The number of hydrogen-bond donors (Lipinski definition) is 0. The third-order valence-electron chi connectivity index (χ3n) is 4.35. The average molecular weight is 379 g/mol. The van der Waals surface area contributed by atoms with Gasteiger partial charge < -0.3 is 14.4 Å². The Morgan fingerprint density at radius 2 is 1.89 bits per heavy atom. The van der Waals surface area contributed by atoms with E-state index in [1.54, 1.807) is 43.5 Å². The highest BCUT2D eigenvalue weighted by molar-refractivity contribution is 5.94. The second kappa shape index (κ2) is 9.08. The molecule has 0 N–H and O–H groups in total. The van der Waals surface area contributed by atoms with Crippen molar-refractivity contribution in [2.75, 3.05) is 20.8 Å². The molecule has 0 radical (unpaired) electrons. The van der Waals surface area contributed by atoms with Crippen LogP contribution in [0.4, 0.5) is 0 Å². The molecular formula is C22H25N3O3. The van der Waals surface area contributed by atoms with E-state index in [1.165, 1.54) is 5.56 Å². The molecule has 0 atom stereocenters. The Hall–Kier alpha value is -3.28. The van der Waals surface area contributed by atoms with Gasteiger partial charge in [0.15, 0.2) is 11.5 Å². The van der Waals surface area contributed by atoms with E-state index in [2.05, 4.69) is 17.2 Å². The Kier molecular flexibility index (Phi) is 6.32. The Morgan fingerprint density at radius 1 is 1.11 bits per heavy atom. The largest absolute Gasteiger partial charge is 0.493 e. The topological polar surface area (TPSA) is 56.6 Å². The minimum absolute atomic E-state index is 0.0860. The van der Waals surface area contributed by atoms with Gasteiger partial charge in [-0.3, -0.25) is 9.48 Å². The molecule has 0 saturated heterocycles. The molecule has 6 heteroatoms. The maximum Gasteiger partial charge on any atom is 0.254 e. The van der Waals surface area contributed by atoms with E-state index in [0.29, 0.717) is 36.8 Å². The molecule has 0 fully saturated rings. The molecule has 0 aliphatic carbocycles. The van der Waals surface area contributed by atoms with Crippen LogP contribution in [0, 0.1) is 0 Å². The monoisotopic (exact) mass is 379 g/mol.